The molecular weight excluding hydrogens is 310 g/mol. The van der Waals surface area contributed by atoms with Gasteiger partial charge < -0.3 is 13.6 Å². The highest BCUT2D eigenvalue weighted by Gasteiger charge is 2.40. The van der Waals surface area contributed by atoms with Crippen LogP contribution in [0.2, 0.25) is 18.1 Å². The van der Waals surface area contributed by atoms with Gasteiger partial charge in [-0.2, -0.15) is 0 Å². The van der Waals surface area contributed by atoms with Crippen molar-refractivity contribution in [3.8, 4) is 0 Å². The quantitative estimate of drug-likeness (QED) is 0.596. The van der Waals surface area contributed by atoms with Crippen LogP contribution in [0.15, 0.2) is 10.7 Å². The molecule has 0 amide bonds. The predicted octanol–water partition coefficient (Wildman–Crippen LogP) is 4.51. The average Bonchev–Trinajstić information content (AvgIpc) is 2.95. The Bertz CT molecular complexity index is 539. The van der Waals surface area contributed by atoms with E-state index in [0.29, 0.717) is 12.0 Å². The van der Waals surface area contributed by atoms with E-state index < -0.39 is 14.3 Å². The van der Waals surface area contributed by atoms with Crippen molar-refractivity contribution in [2.45, 2.75) is 76.6 Å². The fourth-order valence-electron chi connectivity index (χ4n) is 2.69. The smallest absolute Gasteiger partial charge is 0.360 e. The molecule has 1 aliphatic rings. The van der Waals surface area contributed by atoms with Crippen molar-refractivity contribution >= 4 is 14.3 Å². The molecule has 0 aromatic carbocycles. The summed E-state index contributed by atoms with van der Waals surface area (Å²) in [5.41, 5.74) is 0.252. The van der Waals surface area contributed by atoms with Crippen molar-refractivity contribution in [3.63, 3.8) is 0 Å². The van der Waals surface area contributed by atoms with Crippen LogP contribution in [-0.2, 0) is 9.16 Å². The molecule has 1 saturated carbocycles. The molecule has 1 aromatic rings. The molecular formula is C17H29NO4Si. The lowest BCUT2D eigenvalue weighted by Gasteiger charge is -2.41. The first-order chi connectivity index (χ1) is 10.6. The Morgan fingerprint density at radius 3 is 2.39 bits per heavy atom. The van der Waals surface area contributed by atoms with Gasteiger partial charge in [-0.25, -0.2) is 9.78 Å². The average molecular weight is 340 g/mol. The Kier molecular flexibility index (Phi) is 5.36. The molecule has 130 valence electrons. The summed E-state index contributed by atoms with van der Waals surface area (Å²) in [6, 6.07) is 0. The number of carbonyl (C=O) groups is 1. The van der Waals surface area contributed by atoms with E-state index in [4.69, 9.17) is 8.84 Å². The number of ether oxygens (including phenoxy) is 1. The molecule has 0 aliphatic heterocycles. The number of carbonyl (C=O) groups excluding carboxylic acids is 1. The summed E-state index contributed by atoms with van der Waals surface area (Å²) < 4.78 is 16.6. The summed E-state index contributed by atoms with van der Waals surface area (Å²) in [5, 5.41) is 0.238. The van der Waals surface area contributed by atoms with Gasteiger partial charge in [0.15, 0.2) is 19.9 Å². The molecule has 23 heavy (non-hydrogen) atoms. The van der Waals surface area contributed by atoms with Crippen LogP contribution in [0.3, 0.4) is 0 Å². The molecule has 0 radical (unpaired) electrons. The van der Waals surface area contributed by atoms with E-state index in [0.717, 1.165) is 25.7 Å². The third-order valence-electron chi connectivity index (χ3n) is 5.21. The second-order valence-electron chi connectivity index (χ2n) is 7.91. The molecule has 5 nitrogen and oxygen atoms in total. The summed E-state index contributed by atoms with van der Waals surface area (Å²) in [5.74, 6) is 0.471. The van der Waals surface area contributed by atoms with Crippen molar-refractivity contribution in [2.24, 2.45) is 0 Å². The molecule has 0 atom stereocenters. The summed E-state index contributed by atoms with van der Waals surface area (Å²) in [4.78, 5) is 15.7. The highest BCUT2D eigenvalue weighted by atomic mass is 28.4. The Morgan fingerprint density at radius 2 is 1.87 bits per heavy atom. The fourth-order valence-corrected chi connectivity index (χ4v) is 4.12. The topological polar surface area (TPSA) is 61.6 Å². The first-order valence-corrected chi connectivity index (χ1v) is 11.3. The Hall–Kier alpha value is -1.14. The first-order valence-electron chi connectivity index (χ1n) is 8.35. The van der Waals surface area contributed by atoms with Crippen LogP contribution in [0.1, 0.15) is 68.8 Å². The monoisotopic (exact) mass is 339 g/mol. The van der Waals surface area contributed by atoms with E-state index in [-0.39, 0.29) is 16.7 Å². The summed E-state index contributed by atoms with van der Waals surface area (Å²) in [6.07, 6.45) is 5.74. The predicted molar refractivity (Wildman–Crippen MR) is 91.1 cm³/mol. The van der Waals surface area contributed by atoms with Gasteiger partial charge >= 0.3 is 5.97 Å². The van der Waals surface area contributed by atoms with Crippen LogP contribution in [0.25, 0.3) is 0 Å². The molecule has 0 bridgehead atoms. The molecule has 2 rings (SSSR count). The highest BCUT2D eigenvalue weighted by Crippen LogP contribution is 2.41. The van der Waals surface area contributed by atoms with E-state index >= 15 is 0 Å². The zero-order valence-electron chi connectivity index (χ0n) is 15.1. The maximum absolute atomic E-state index is 11.5. The number of esters is 1. The lowest BCUT2D eigenvalue weighted by molar-refractivity contribution is 0.0593. The zero-order valence-corrected chi connectivity index (χ0v) is 16.1. The van der Waals surface area contributed by atoms with Crippen molar-refractivity contribution < 1.29 is 18.4 Å². The molecule has 0 N–H and O–H groups in total. The van der Waals surface area contributed by atoms with Crippen LogP contribution in [0.5, 0.6) is 0 Å². The van der Waals surface area contributed by atoms with Crippen LogP contribution >= 0.6 is 0 Å². The molecule has 1 fully saturated rings. The number of methoxy groups -OCH3 is 1. The van der Waals surface area contributed by atoms with Gasteiger partial charge in [-0.3, -0.25) is 0 Å². The number of oxazole rings is 1. The SMILES string of the molecule is COC(=O)c1coc([C@H]2CC[C@@H](O[Si](C)(C)C(C)(C)C)CC2)n1. The number of hydrogen-bond donors (Lipinski definition) is 0. The Morgan fingerprint density at radius 1 is 1.26 bits per heavy atom. The molecule has 0 saturated heterocycles. The van der Waals surface area contributed by atoms with Gasteiger partial charge in [0.05, 0.1) is 7.11 Å². The van der Waals surface area contributed by atoms with Gasteiger partial charge in [-0.15, -0.1) is 0 Å². The minimum Gasteiger partial charge on any atom is -0.464 e. The fraction of sp³-hybridized carbons (Fsp3) is 0.765. The van der Waals surface area contributed by atoms with Gasteiger partial charge in [0, 0.05) is 12.0 Å². The van der Waals surface area contributed by atoms with Crippen LogP contribution in [0, 0.1) is 0 Å². The number of nitrogens with zero attached hydrogens (tertiary/aromatic N) is 1. The van der Waals surface area contributed by atoms with Crippen molar-refractivity contribution in [3.05, 3.63) is 17.8 Å². The second kappa shape index (κ2) is 6.77. The molecule has 1 heterocycles. The van der Waals surface area contributed by atoms with Crippen molar-refractivity contribution in [1.82, 2.24) is 4.98 Å². The third kappa shape index (κ3) is 4.23. The summed E-state index contributed by atoms with van der Waals surface area (Å²) in [7, 11) is -0.362. The number of hydrogen-bond acceptors (Lipinski definition) is 5. The zero-order chi connectivity index (χ0) is 17.3. The molecule has 1 aromatic heterocycles. The number of rotatable bonds is 4. The highest BCUT2D eigenvalue weighted by molar-refractivity contribution is 6.74. The molecule has 6 heteroatoms. The van der Waals surface area contributed by atoms with Crippen LogP contribution < -0.4 is 0 Å². The molecule has 0 spiro atoms. The van der Waals surface area contributed by atoms with E-state index in [1.54, 1.807) is 0 Å². The number of aromatic nitrogens is 1. The van der Waals surface area contributed by atoms with E-state index in [1.165, 1.54) is 13.4 Å². The van der Waals surface area contributed by atoms with Crippen LogP contribution in [-0.4, -0.2) is 32.5 Å². The van der Waals surface area contributed by atoms with E-state index in [9.17, 15) is 4.79 Å². The van der Waals surface area contributed by atoms with Crippen molar-refractivity contribution in [2.75, 3.05) is 7.11 Å². The van der Waals surface area contributed by atoms with Gasteiger partial charge in [0.1, 0.15) is 6.26 Å². The maximum Gasteiger partial charge on any atom is 0.360 e. The second-order valence-corrected chi connectivity index (χ2v) is 12.7. The Labute approximate surface area is 139 Å². The molecule has 0 unspecified atom stereocenters. The third-order valence-corrected chi connectivity index (χ3v) is 9.74. The minimum atomic E-state index is -1.71. The van der Waals surface area contributed by atoms with E-state index in [2.05, 4.69) is 43.6 Å². The standard InChI is InChI=1S/C17H29NO4Si/c1-17(2,3)23(5,6)22-13-9-7-12(8-10-13)15-18-14(11-21-15)16(19)20-4/h11-13H,7-10H2,1-6H3/t12-,13+. The van der Waals surface area contributed by atoms with E-state index in [1.807, 2.05) is 0 Å². The lowest BCUT2D eigenvalue weighted by Crippen LogP contribution is -2.44. The summed E-state index contributed by atoms with van der Waals surface area (Å²) in [6.45, 7) is 11.4. The minimum absolute atomic E-state index is 0.238. The van der Waals surface area contributed by atoms with Gasteiger partial charge in [0.2, 0.25) is 0 Å². The first kappa shape index (κ1) is 18.2. The molecule has 1 aliphatic carbocycles. The lowest BCUT2D eigenvalue weighted by atomic mass is 9.87. The van der Waals surface area contributed by atoms with Gasteiger partial charge in [-0.1, -0.05) is 20.8 Å². The Balaban J connectivity index is 1.91. The largest absolute Gasteiger partial charge is 0.464 e. The van der Waals surface area contributed by atoms with Gasteiger partial charge in [0.25, 0.3) is 0 Å². The van der Waals surface area contributed by atoms with Crippen LogP contribution in [0.4, 0.5) is 0 Å². The normalized spacial score (nSPS) is 22.9. The maximum atomic E-state index is 11.5. The summed E-state index contributed by atoms with van der Waals surface area (Å²) >= 11 is 0. The van der Waals surface area contributed by atoms with Gasteiger partial charge in [-0.05, 0) is 43.8 Å². The van der Waals surface area contributed by atoms with Crippen molar-refractivity contribution in [1.29, 1.82) is 0 Å².